The number of guanidine groups is 1. The largest absolute Gasteiger partial charge is 0.469 e. The van der Waals surface area contributed by atoms with Gasteiger partial charge >= 0.3 is 0 Å². The van der Waals surface area contributed by atoms with Crippen molar-refractivity contribution in [2.75, 3.05) is 31.1 Å². The summed E-state index contributed by atoms with van der Waals surface area (Å²) < 4.78 is 5.39. The van der Waals surface area contributed by atoms with Crippen LogP contribution in [0.3, 0.4) is 0 Å². The first-order valence-electron chi connectivity index (χ1n) is 9.22. The standard InChI is InChI=1S/C20H28N4O.HI/c1-2-12-21-20(22-13-10-19-9-6-15-25-19)23-17-11-14-24(16-17)18-7-4-3-5-8-18;/h3-9,15,17H,2,10-14,16H2,1H3,(H2,21,22,23);1H. The molecule has 2 N–H and O–H groups in total. The minimum Gasteiger partial charge on any atom is -0.469 e. The molecule has 142 valence electrons. The molecule has 26 heavy (non-hydrogen) atoms. The molecule has 0 aliphatic carbocycles. The SMILES string of the molecule is CCCN=C(NCCc1ccco1)NC1CCN(c2ccccc2)C1.I. The highest BCUT2D eigenvalue weighted by molar-refractivity contribution is 14.0. The highest BCUT2D eigenvalue weighted by Gasteiger charge is 2.23. The molecule has 5 nitrogen and oxygen atoms in total. The fraction of sp³-hybridized carbons (Fsp3) is 0.450. The second kappa shape index (κ2) is 11.1. The van der Waals surface area contributed by atoms with Crippen molar-refractivity contribution in [1.82, 2.24) is 10.6 Å². The Bertz CT molecular complexity index is 645. The van der Waals surface area contributed by atoms with Crippen molar-refractivity contribution in [1.29, 1.82) is 0 Å². The maximum atomic E-state index is 5.39. The Kier molecular flexibility index (Phi) is 8.80. The molecule has 0 radical (unpaired) electrons. The Morgan fingerprint density at radius 1 is 1.23 bits per heavy atom. The molecule has 1 aliphatic rings. The van der Waals surface area contributed by atoms with E-state index in [0.717, 1.165) is 57.2 Å². The molecule has 1 fully saturated rings. The molecule has 1 aromatic carbocycles. The number of nitrogens with one attached hydrogen (secondary N) is 2. The molecule has 0 amide bonds. The van der Waals surface area contributed by atoms with Crippen molar-refractivity contribution in [3.8, 4) is 0 Å². The summed E-state index contributed by atoms with van der Waals surface area (Å²) in [6.07, 6.45) is 4.75. The van der Waals surface area contributed by atoms with Crippen LogP contribution in [0.2, 0.25) is 0 Å². The van der Waals surface area contributed by atoms with Gasteiger partial charge in [0, 0.05) is 44.3 Å². The third kappa shape index (κ3) is 6.23. The first-order chi connectivity index (χ1) is 12.3. The van der Waals surface area contributed by atoms with Gasteiger partial charge in [-0.2, -0.15) is 0 Å². The summed E-state index contributed by atoms with van der Waals surface area (Å²) in [5.74, 6) is 1.91. The molecular formula is C20H29IN4O. The molecule has 2 heterocycles. The van der Waals surface area contributed by atoms with Crippen molar-refractivity contribution in [3.05, 3.63) is 54.5 Å². The first-order valence-corrected chi connectivity index (χ1v) is 9.22. The topological polar surface area (TPSA) is 52.8 Å². The second-order valence-corrected chi connectivity index (χ2v) is 6.40. The van der Waals surface area contributed by atoms with Gasteiger partial charge in [0.15, 0.2) is 5.96 Å². The maximum Gasteiger partial charge on any atom is 0.191 e. The van der Waals surface area contributed by atoms with E-state index in [9.17, 15) is 0 Å². The molecule has 2 aromatic rings. The average molecular weight is 468 g/mol. The lowest BCUT2D eigenvalue weighted by molar-refractivity contribution is 0.506. The monoisotopic (exact) mass is 468 g/mol. The van der Waals surface area contributed by atoms with Gasteiger partial charge in [0.1, 0.15) is 5.76 Å². The summed E-state index contributed by atoms with van der Waals surface area (Å²) in [6, 6.07) is 15.0. The van der Waals surface area contributed by atoms with E-state index in [1.54, 1.807) is 6.26 Å². The molecule has 1 aliphatic heterocycles. The van der Waals surface area contributed by atoms with Crippen molar-refractivity contribution in [2.45, 2.75) is 32.2 Å². The Morgan fingerprint density at radius 2 is 2.08 bits per heavy atom. The third-order valence-electron chi connectivity index (χ3n) is 4.39. The van der Waals surface area contributed by atoms with E-state index in [4.69, 9.17) is 4.42 Å². The number of hydrogen-bond donors (Lipinski definition) is 2. The molecule has 6 heteroatoms. The van der Waals surface area contributed by atoms with E-state index >= 15 is 0 Å². The van der Waals surface area contributed by atoms with Crippen LogP contribution in [-0.2, 0) is 6.42 Å². The Hall–Kier alpha value is -1.70. The van der Waals surface area contributed by atoms with Crippen LogP contribution in [0.25, 0.3) is 0 Å². The minimum absolute atomic E-state index is 0. The second-order valence-electron chi connectivity index (χ2n) is 6.40. The maximum absolute atomic E-state index is 5.39. The lowest BCUT2D eigenvalue weighted by Gasteiger charge is -2.20. The number of aliphatic imine (C=N–C) groups is 1. The fourth-order valence-corrected chi connectivity index (χ4v) is 3.08. The Balaban J connectivity index is 0.00000243. The summed E-state index contributed by atoms with van der Waals surface area (Å²) in [4.78, 5) is 7.10. The van der Waals surface area contributed by atoms with Crippen LogP contribution in [-0.4, -0.2) is 38.2 Å². The van der Waals surface area contributed by atoms with E-state index in [0.29, 0.717) is 6.04 Å². The van der Waals surface area contributed by atoms with Gasteiger partial charge in [-0.15, -0.1) is 24.0 Å². The van der Waals surface area contributed by atoms with E-state index in [1.165, 1.54) is 5.69 Å². The number of benzene rings is 1. The fourth-order valence-electron chi connectivity index (χ4n) is 3.08. The van der Waals surface area contributed by atoms with Gasteiger partial charge in [0.25, 0.3) is 0 Å². The zero-order valence-electron chi connectivity index (χ0n) is 15.4. The first kappa shape index (κ1) is 20.6. The van der Waals surface area contributed by atoms with Gasteiger partial charge in [0.2, 0.25) is 0 Å². The predicted molar refractivity (Wildman–Crippen MR) is 119 cm³/mol. The van der Waals surface area contributed by atoms with Crippen LogP contribution < -0.4 is 15.5 Å². The summed E-state index contributed by atoms with van der Waals surface area (Å²) in [7, 11) is 0. The highest BCUT2D eigenvalue weighted by Crippen LogP contribution is 2.19. The number of furan rings is 1. The van der Waals surface area contributed by atoms with Crippen LogP contribution in [0.15, 0.2) is 58.1 Å². The number of para-hydroxylation sites is 1. The lowest BCUT2D eigenvalue weighted by Crippen LogP contribution is -2.45. The summed E-state index contributed by atoms with van der Waals surface area (Å²) in [6.45, 7) is 5.89. The molecule has 0 saturated carbocycles. The van der Waals surface area contributed by atoms with E-state index < -0.39 is 0 Å². The quantitative estimate of drug-likeness (QED) is 0.370. The Labute approximate surface area is 173 Å². The normalized spacial score (nSPS) is 17.0. The number of halogens is 1. The number of anilines is 1. The van der Waals surface area contributed by atoms with Crippen molar-refractivity contribution in [3.63, 3.8) is 0 Å². The van der Waals surface area contributed by atoms with Gasteiger partial charge < -0.3 is 20.0 Å². The highest BCUT2D eigenvalue weighted by atomic mass is 127. The van der Waals surface area contributed by atoms with E-state index in [2.05, 4.69) is 57.8 Å². The van der Waals surface area contributed by atoms with Crippen LogP contribution in [0.5, 0.6) is 0 Å². The van der Waals surface area contributed by atoms with E-state index in [-0.39, 0.29) is 24.0 Å². The molecule has 1 atom stereocenters. The molecule has 1 unspecified atom stereocenters. The van der Waals surface area contributed by atoms with Crippen LogP contribution in [0.1, 0.15) is 25.5 Å². The number of nitrogens with zero attached hydrogens (tertiary/aromatic N) is 2. The predicted octanol–water partition coefficient (Wildman–Crippen LogP) is 3.66. The van der Waals surface area contributed by atoms with Crippen molar-refractivity contribution >= 4 is 35.6 Å². The zero-order chi connectivity index (χ0) is 17.3. The van der Waals surface area contributed by atoms with Crippen LogP contribution >= 0.6 is 24.0 Å². The Morgan fingerprint density at radius 3 is 2.81 bits per heavy atom. The molecule has 3 rings (SSSR count). The van der Waals surface area contributed by atoms with Gasteiger partial charge in [0.05, 0.1) is 6.26 Å². The van der Waals surface area contributed by atoms with Gasteiger partial charge in [-0.3, -0.25) is 4.99 Å². The van der Waals surface area contributed by atoms with Gasteiger partial charge in [-0.05, 0) is 37.1 Å². The molecule has 0 bridgehead atoms. The average Bonchev–Trinajstić information content (AvgIpc) is 3.32. The van der Waals surface area contributed by atoms with Crippen LogP contribution in [0.4, 0.5) is 5.69 Å². The van der Waals surface area contributed by atoms with Crippen molar-refractivity contribution in [2.24, 2.45) is 4.99 Å². The number of rotatable bonds is 7. The molecular weight excluding hydrogens is 439 g/mol. The van der Waals surface area contributed by atoms with E-state index in [1.807, 2.05) is 12.1 Å². The summed E-state index contributed by atoms with van der Waals surface area (Å²) >= 11 is 0. The summed E-state index contributed by atoms with van der Waals surface area (Å²) in [5, 5.41) is 7.03. The third-order valence-corrected chi connectivity index (χ3v) is 4.39. The lowest BCUT2D eigenvalue weighted by atomic mass is 10.2. The minimum atomic E-state index is 0. The molecule has 1 aromatic heterocycles. The van der Waals surface area contributed by atoms with Crippen LogP contribution in [0, 0.1) is 0 Å². The van der Waals surface area contributed by atoms with Crippen molar-refractivity contribution < 1.29 is 4.42 Å². The van der Waals surface area contributed by atoms with Gasteiger partial charge in [-0.25, -0.2) is 0 Å². The zero-order valence-corrected chi connectivity index (χ0v) is 17.7. The summed E-state index contributed by atoms with van der Waals surface area (Å²) in [5.41, 5.74) is 1.30. The van der Waals surface area contributed by atoms with Gasteiger partial charge in [-0.1, -0.05) is 25.1 Å². The molecule has 1 saturated heterocycles. The molecule has 0 spiro atoms. The smallest absolute Gasteiger partial charge is 0.191 e. The number of hydrogen-bond acceptors (Lipinski definition) is 3.